The molecular weight excluding hydrogens is 440 g/mol. The standard InChI is InChI=1S/C27H26N6O2/c1-19-12-13-33-25(14-19)29-20(2)26(33)27(34)28-15-21-8-10-24(11-9-21)35-18-23-17-32(31-30-23)16-22-6-4-3-5-7-22/h3-14,17H,15-16,18H2,1-2H3,(H,28,34). The number of carbonyl (C=O) groups is 1. The number of nitrogens with zero attached hydrogens (tertiary/aromatic N) is 5. The van der Waals surface area contributed by atoms with Crippen molar-refractivity contribution in [3.63, 3.8) is 0 Å². The number of nitrogens with one attached hydrogen (secondary N) is 1. The molecule has 0 saturated carbocycles. The minimum Gasteiger partial charge on any atom is -0.487 e. The predicted molar refractivity (Wildman–Crippen MR) is 132 cm³/mol. The van der Waals surface area contributed by atoms with Crippen LogP contribution < -0.4 is 10.1 Å². The highest BCUT2D eigenvalue weighted by atomic mass is 16.5. The fourth-order valence-electron chi connectivity index (χ4n) is 3.92. The summed E-state index contributed by atoms with van der Waals surface area (Å²) >= 11 is 0. The third-order valence-corrected chi connectivity index (χ3v) is 5.71. The number of carbonyl (C=O) groups excluding carboxylic acids is 1. The summed E-state index contributed by atoms with van der Waals surface area (Å²) in [5.74, 6) is 0.573. The first kappa shape index (κ1) is 22.3. The smallest absolute Gasteiger partial charge is 0.270 e. The van der Waals surface area contributed by atoms with Crippen LogP contribution in [0.5, 0.6) is 5.75 Å². The van der Waals surface area contributed by atoms with E-state index in [1.54, 1.807) is 4.68 Å². The van der Waals surface area contributed by atoms with Gasteiger partial charge in [0.15, 0.2) is 0 Å². The Morgan fingerprint density at radius 1 is 1.00 bits per heavy atom. The van der Waals surface area contributed by atoms with Gasteiger partial charge in [0.05, 0.1) is 18.4 Å². The van der Waals surface area contributed by atoms with E-state index in [1.807, 2.05) is 85.2 Å². The number of amides is 1. The summed E-state index contributed by atoms with van der Waals surface area (Å²) in [4.78, 5) is 17.3. The summed E-state index contributed by atoms with van der Waals surface area (Å²) in [5.41, 5.74) is 6.04. The van der Waals surface area contributed by atoms with Crippen molar-refractivity contribution in [3.8, 4) is 5.75 Å². The van der Waals surface area contributed by atoms with Crippen LogP contribution in [-0.4, -0.2) is 30.3 Å². The van der Waals surface area contributed by atoms with E-state index in [2.05, 4.69) is 32.7 Å². The van der Waals surface area contributed by atoms with Gasteiger partial charge in [-0.25, -0.2) is 9.67 Å². The van der Waals surface area contributed by atoms with Gasteiger partial charge in [-0.1, -0.05) is 47.7 Å². The van der Waals surface area contributed by atoms with Crippen molar-refractivity contribution in [2.45, 2.75) is 33.5 Å². The third kappa shape index (κ3) is 5.22. The summed E-state index contributed by atoms with van der Waals surface area (Å²) in [7, 11) is 0. The number of aryl methyl sites for hydroxylation is 2. The maximum Gasteiger partial charge on any atom is 0.270 e. The van der Waals surface area contributed by atoms with Gasteiger partial charge in [-0.05, 0) is 54.8 Å². The molecule has 5 rings (SSSR count). The molecule has 2 aromatic carbocycles. The van der Waals surface area contributed by atoms with E-state index in [0.717, 1.165) is 28.2 Å². The Hall–Kier alpha value is -4.46. The molecule has 8 heteroatoms. The van der Waals surface area contributed by atoms with E-state index in [9.17, 15) is 4.79 Å². The molecule has 0 aliphatic heterocycles. The normalized spacial score (nSPS) is 11.0. The van der Waals surface area contributed by atoms with Crippen LogP contribution in [0.4, 0.5) is 0 Å². The Bertz CT molecular complexity index is 1450. The van der Waals surface area contributed by atoms with Crippen LogP contribution in [0.2, 0.25) is 0 Å². The van der Waals surface area contributed by atoms with Crippen molar-refractivity contribution in [2.75, 3.05) is 0 Å². The molecule has 0 spiro atoms. The van der Waals surface area contributed by atoms with Crippen LogP contribution in [-0.2, 0) is 19.7 Å². The number of ether oxygens (including phenoxy) is 1. The highest BCUT2D eigenvalue weighted by Gasteiger charge is 2.16. The lowest BCUT2D eigenvalue weighted by Gasteiger charge is -2.08. The number of hydrogen-bond donors (Lipinski definition) is 1. The van der Waals surface area contributed by atoms with E-state index >= 15 is 0 Å². The lowest BCUT2D eigenvalue weighted by Crippen LogP contribution is -2.25. The average Bonchev–Trinajstić information content (AvgIpc) is 3.45. The number of aromatic nitrogens is 5. The quantitative estimate of drug-likeness (QED) is 0.372. The van der Waals surface area contributed by atoms with E-state index < -0.39 is 0 Å². The van der Waals surface area contributed by atoms with E-state index in [1.165, 1.54) is 5.56 Å². The van der Waals surface area contributed by atoms with Gasteiger partial charge in [-0.2, -0.15) is 0 Å². The Labute approximate surface area is 203 Å². The second kappa shape index (κ2) is 9.80. The molecule has 0 bridgehead atoms. The number of rotatable bonds is 8. The molecule has 1 amide bonds. The van der Waals surface area contributed by atoms with E-state index in [0.29, 0.717) is 31.1 Å². The fraction of sp³-hybridized carbons (Fsp3) is 0.185. The van der Waals surface area contributed by atoms with Gasteiger partial charge < -0.3 is 10.1 Å². The molecule has 0 unspecified atom stereocenters. The Morgan fingerprint density at radius 2 is 1.80 bits per heavy atom. The van der Waals surface area contributed by atoms with Crippen LogP contribution in [0.25, 0.3) is 5.65 Å². The van der Waals surface area contributed by atoms with Gasteiger partial charge in [0, 0.05) is 12.7 Å². The molecule has 35 heavy (non-hydrogen) atoms. The first-order chi connectivity index (χ1) is 17.0. The molecule has 3 heterocycles. The minimum atomic E-state index is -0.155. The fourth-order valence-corrected chi connectivity index (χ4v) is 3.92. The van der Waals surface area contributed by atoms with Crippen molar-refractivity contribution in [3.05, 3.63) is 113 Å². The second-order valence-electron chi connectivity index (χ2n) is 8.49. The molecular formula is C27H26N6O2. The Morgan fingerprint density at radius 3 is 2.60 bits per heavy atom. The van der Waals surface area contributed by atoms with E-state index in [-0.39, 0.29) is 5.91 Å². The summed E-state index contributed by atoms with van der Waals surface area (Å²) in [6.45, 7) is 5.27. The topological polar surface area (TPSA) is 86.3 Å². The van der Waals surface area contributed by atoms with Gasteiger partial charge in [0.1, 0.15) is 29.4 Å². The molecule has 0 saturated heterocycles. The third-order valence-electron chi connectivity index (χ3n) is 5.71. The summed E-state index contributed by atoms with van der Waals surface area (Å²) in [6.07, 6.45) is 3.77. The zero-order valence-electron chi connectivity index (χ0n) is 19.7. The molecule has 8 nitrogen and oxygen atoms in total. The first-order valence-electron chi connectivity index (χ1n) is 11.4. The van der Waals surface area contributed by atoms with Gasteiger partial charge in [0.25, 0.3) is 5.91 Å². The summed E-state index contributed by atoms with van der Waals surface area (Å²) in [6, 6.07) is 21.7. The molecule has 0 aliphatic carbocycles. The molecule has 3 aromatic heterocycles. The zero-order valence-corrected chi connectivity index (χ0v) is 19.7. The lowest BCUT2D eigenvalue weighted by molar-refractivity contribution is 0.0944. The van der Waals surface area contributed by atoms with Crippen molar-refractivity contribution in [1.82, 2.24) is 29.7 Å². The zero-order chi connectivity index (χ0) is 24.2. The maximum atomic E-state index is 12.8. The van der Waals surface area contributed by atoms with Gasteiger partial charge in [-0.15, -0.1) is 5.10 Å². The monoisotopic (exact) mass is 466 g/mol. The molecule has 0 radical (unpaired) electrons. The van der Waals surface area contributed by atoms with Crippen molar-refractivity contribution < 1.29 is 9.53 Å². The Balaban J connectivity index is 1.14. The second-order valence-corrected chi connectivity index (χ2v) is 8.49. The number of fused-ring (bicyclic) bond motifs is 1. The average molecular weight is 467 g/mol. The number of pyridine rings is 1. The largest absolute Gasteiger partial charge is 0.487 e. The highest BCUT2D eigenvalue weighted by Crippen LogP contribution is 2.16. The Kier molecular flexibility index (Phi) is 6.26. The van der Waals surface area contributed by atoms with Gasteiger partial charge >= 0.3 is 0 Å². The lowest BCUT2D eigenvalue weighted by atomic mass is 10.2. The van der Waals surface area contributed by atoms with Crippen molar-refractivity contribution in [1.29, 1.82) is 0 Å². The van der Waals surface area contributed by atoms with E-state index in [4.69, 9.17) is 4.74 Å². The molecule has 0 fully saturated rings. The first-order valence-corrected chi connectivity index (χ1v) is 11.4. The number of benzene rings is 2. The van der Waals surface area contributed by atoms with Crippen molar-refractivity contribution >= 4 is 11.6 Å². The summed E-state index contributed by atoms with van der Waals surface area (Å²) in [5, 5.41) is 11.3. The number of imidazole rings is 1. The SMILES string of the molecule is Cc1ccn2c(C(=O)NCc3ccc(OCc4cn(Cc5ccccc5)nn4)cc3)c(C)nc2c1. The molecule has 0 aliphatic rings. The molecule has 1 N–H and O–H groups in total. The molecule has 0 atom stereocenters. The van der Waals surface area contributed by atoms with Crippen LogP contribution in [0.15, 0.2) is 79.1 Å². The highest BCUT2D eigenvalue weighted by molar-refractivity contribution is 5.94. The van der Waals surface area contributed by atoms with Crippen LogP contribution in [0.1, 0.15) is 38.6 Å². The molecule has 5 aromatic rings. The van der Waals surface area contributed by atoms with Crippen molar-refractivity contribution in [2.24, 2.45) is 0 Å². The van der Waals surface area contributed by atoms with Crippen LogP contribution in [0.3, 0.4) is 0 Å². The summed E-state index contributed by atoms with van der Waals surface area (Å²) < 4.78 is 9.48. The molecule has 176 valence electrons. The maximum absolute atomic E-state index is 12.8. The minimum absolute atomic E-state index is 0.155. The van der Waals surface area contributed by atoms with Gasteiger partial charge in [-0.3, -0.25) is 9.20 Å². The van der Waals surface area contributed by atoms with Crippen LogP contribution >= 0.6 is 0 Å². The predicted octanol–water partition coefficient (Wildman–Crippen LogP) is 4.10. The van der Waals surface area contributed by atoms with Gasteiger partial charge in [0.2, 0.25) is 0 Å². The number of hydrogen-bond acceptors (Lipinski definition) is 5. The van der Waals surface area contributed by atoms with Crippen LogP contribution in [0, 0.1) is 13.8 Å².